The van der Waals surface area contributed by atoms with Crippen molar-refractivity contribution in [2.24, 2.45) is 0 Å². The molecule has 0 aromatic carbocycles. The molecule has 0 atom stereocenters. The fraction of sp³-hybridized carbons (Fsp3) is 0. The summed E-state index contributed by atoms with van der Waals surface area (Å²) in [5.41, 5.74) is 0. The zero-order valence-electron chi connectivity index (χ0n) is 2.56. The Balaban J connectivity index is 2.85. The maximum absolute atomic E-state index is 7.90. The summed E-state index contributed by atoms with van der Waals surface area (Å²) in [5.74, 6) is -0.332. The van der Waals surface area contributed by atoms with Crippen LogP contribution in [0.2, 0.25) is 0 Å². The van der Waals surface area contributed by atoms with Crippen molar-refractivity contribution in [1.29, 1.82) is 0 Å². The van der Waals surface area contributed by atoms with Gasteiger partial charge in [-0.3, -0.25) is 0 Å². The molecule has 2 nitrogen and oxygen atoms in total. The van der Waals surface area contributed by atoms with Gasteiger partial charge in [0.25, 0.3) is 5.95 Å². The number of hydrogen-bond donors (Lipinski definition) is 1. The summed E-state index contributed by atoms with van der Waals surface area (Å²) in [5, 5.41) is 7.90. The van der Waals surface area contributed by atoms with Gasteiger partial charge in [-0.05, 0) is 6.58 Å². The van der Waals surface area contributed by atoms with Crippen molar-refractivity contribution in [2.45, 2.75) is 0 Å². The lowest BCUT2D eigenvalue weighted by Gasteiger charge is -1.86. The Morgan fingerprint density at radius 2 is 2.20 bits per heavy atom. The molecule has 0 saturated carbocycles. The Labute approximate surface area is 33.6 Å². The second-order valence-electron chi connectivity index (χ2n) is 0.496. The van der Waals surface area contributed by atoms with Crippen LogP contribution < -0.4 is 0 Å². The van der Waals surface area contributed by atoms with E-state index >= 15 is 0 Å². The third-order valence-corrected chi connectivity index (χ3v) is 0.353. The van der Waals surface area contributed by atoms with Crippen LogP contribution in [0.1, 0.15) is 0 Å². The van der Waals surface area contributed by atoms with E-state index in [1.807, 2.05) is 0 Å². The van der Waals surface area contributed by atoms with Crippen molar-refractivity contribution in [2.75, 3.05) is 0 Å². The van der Waals surface area contributed by atoms with E-state index in [9.17, 15) is 0 Å². The van der Waals surface area contributed by atoms with Gasteiger partial charge in [0.05, 0.1) is 0 Å². The molecule has 0 unspecified atom stereocenters. The van der Waals surface area contributed by atoms with Crippen LogP contribution >= 0.6 is 0 Å². The molecule has 0 aliphatic heterocycles. The molecule has 0 rings (SSSR count). The predicted octanol–water partition coefficient (Wildman–Crippen LogP) is 0.116. The lowest BCUT2D eigenvalue weighted by Crippen LogP contribution is -1.78. The molecule has 0 saturated heterocycles. The fourth-order valence-electron chi connectivity index (χ4n) is 0. The minimum atomic E-state index is -0.332. The summed E-state index contributed by atoms with van der Waals surface area (Å²) in [4.78, 5) is 0. The van der Waals surface area contributed by atoms with Crippen LogP contribution in [0.3, 0.4) is 0 Å². The van der Waals surface area contributed by atoms with Crippen LogP contribution in [-0.2, 0) is 4.43 Å². The van der Waals surface area contributed by atoms with Gasteiger partial charge in [-0.1, -0.05) is 0 Å². The third kappa shape index (κ3) is 3.56. The van der Waals surface area contributed by atoms with E-state index in [-0.39, 0.29) is 5.95 Å². The van der Waals surface area contributed by atoms with E-state index in [1.165, 1.54) is 0 Å². The molecule has 0 heterocycles. The van der Waals surface area contributed by atoms with Gasteiger partial charge >= 0.3 is 10.5 Å². The Morgan fingerprint density at radius 3 is 2.20 bits per heavy atom. The number of aliphatic hydroxyl groups excluding tert-OH is 1. The van der Waals surface area contributed by atoms with Crippen LogP contribution in [0.15, 0.2) is 12.5 Å². The highest BCUT2D eigenvalue weighted by atomic mass is 28.2. The molecule has 3 heteroatoms. The lowest BCUT2D eigenvalue weighted by atomic mass is 11.1. The second-order valence-corrected chi connectivity index (χ2v) is 0.700. The molecular formula is C2H3O2Si. The van der Waals surface area contributed by atoms with Crippen molar-refractivity contribution in [1.82, 2.24) is 0 Å². The van der Waals surface area contributed by atoms with Gasteiger partial charge in [-0.15, -0.1) is 0 Å². The standard InChI is InChI=1S/C2H3O2Si/c1-2(3)4-5/h3H,1H2. The summed E-state index contributed by atoms with van der Waals surface area (Å²) >= 11 is 0. The first-order valence-electron chi connectivity index (χ1n) is 0.985. The van der Waals surface area contributed by atoms with Gasteiger partial charge in [0.2, 0.25) is 0 Å². The molecular weight excluding hydrogens is 84.1 g/mol. The van der Waals surface area contributed by atoms with Gasteiger partial charge in [-0.2, -0.15) is 0 Å². The summed E-state index contributed by atoms with van der Waals surface area (Å²) < 4.78 is 3.92. The quantitative estimate of drug-likeness (QED) is 0.363. The highest BCUT2D eigenvalue weighted by Gasteiger charge is 1.69. The van der Waals surface area contributed by atoms with Crippen LogP contribution in [0, 0.1) is 0 Å². The topological polar surface area (TPSA) is 29.5 Å². The summed E-state index contributed by atoms with van der Waals surface area (Å²) in [6, 6.07) is 0. The van der Waals surface area contributed by atoms with Crippen LogP contribution in [-0.4, -0.2) is 15.6 Å². The summed E-state index contributed by atoms with van der Waals surface area (Å²) in [6.45, 7) is 2.96. The first-order chi connectivity index (χ1) is 2.27. The third-order valence-electron chi connectivity index (χ3n) is 0.118. The lowest BCUT2D eigenvalue weighted by molar-refractivity contribution is 0.225. The minimum absolute atomic E-state index is 0.332. The van der Waals surface area contributed by atoms with Gasteiger partial charge < -0.3 is 9.53 Å². The first kappa shape index (κ1) is 4.56. The average Bonchev–Trinajstić information content (AvgIpc) is 1.38. The number of hydrogen-bond acceptors (Lipinski definition) is 2. The van der Waals surface area contributed by atoms with E-state index < -0.39 is 0 Å². The van der Waals surface area contributed by atoms with E-state index in [0.29, 0.717) is 0 Å². The van der Waals surface area contributed by atoms with Gasteiger partial charge in [0.15, 0.2) is 0 Å². The molecule has 0 aliphatic carbocycles. The van der Waals surface area contributed by atoms with Gasteiger partial charge in [0, 0.05) is 0 Å². The van der Waals surface area contributed by atoms with Gasteiger partial charge in [-0.25, -0.2) is 0 Å². The van der Waals surface area contributed by atoms with Crippen molar-refractivity contribution >= 4 is 10.5 Å². The molecule has 0 spiro atoms. The fourth-order valence-corrected chi connectivity index (χ4v) is 0. The molecule has 0 aromatic heterocycles. The molecule has 0 aromatic rings. The Kier molecular flexibility index (Phi) is 1.68. The normalized spacial score (nSPS) is 6.60. The summed E-state index contributed by atoms with van der Waals surface area (Å²) in [7, 11) is 2.51. The largest absolute Gasteiger partial charge is 0.516 e. The first-order valence-corrected chi connectivity index (χ1v) is 1.39. The smallest absolute Gasteiger partial charge is 0.345 e. The number of rotatable bonds is 1. The second kappa shape index (κ2) is 1.84. The maximum atomic E-state index is 7.90. The zero-order chi connectivity index (χ0) is 4.28. The minimum Gasteiger partial charge on any atom is -0.516 e. The molecule has 1 N–H and O–H groups in total. The monoisotopic (exact) mass is 87.0 g/mol. The maximum Gasteiger partial charge on any atom is 0.345 e. The molecule has 3 radical (unpaired) electrons. The van der Waals surface area contributed by atoms with Crippen molar-refractivity contribution < 1.29 is 9.53 Å². The highest BCUT2D eigenvalue weighted by molar-refractivity contribution is 5.98. The number of aliphatic hydroxyl groups is 1. The molecule has 0 amide bonds. The SMILES string of the molecule is C=C(O)O[Si]. The molecule has 5 heavy (non-hydrogen) atoms. The van der Waals surface area contributed by atoms with E-state index in [0.717, 1.165) is 0 Å². The van der Waals surface area contributed by atoms with Crippen LogP contribution in [0.5, 0.6) is 0 Å². The van der Waals surface area contributed by atoms with Crippen LogP contribution in [0.25, 0.3) is 0 Å². The Bertz CT molecular complexity index is 42.9. The Morgan fingerprint density at radius 1 is 2.00 bits per heavy atom. The molecule has 0 fully saturated rings. The van der Waals surface area contributed by atoms with Crippen molar-refractivity contribution in [3.8, 4) is 0 Å². The molecule has 0 bridgehead atoms. The van der Waals surface area contributed by atoms with Crippen molar-refractivity contribution in [3.05, 3.63) is 12.5 Å². The van der Waals surface area contributed by atoms with E-state index in [2.05, 4.69) is 21.5 Å². The van der Waals surface area contributed by atoms with Crippen LogP contribution in [0.4, 0.5) is 0 Å². The highest BCUT2D eigenvalue weighted by Crippen LogP contribution is 1.73. The Hall–Kier alpha value is -0.443. The average molecular weight is 87.1 g/mol. The molecule has 27 valence electrons. The summed E-state index contributed by atoms with van der Waals surface area (Å²) in [6.07, 6.45) is 0. The molecule has 0 aliphatic rings. The van der Waals surface area contributed by atoms with E-state index in [1.54, 1.807) is 0 Å². The van der Waals surface area contributed by atoms with Gasteiger partial charge in [0.1, 0.15) is 0 Å². The van der Waals surface area contributed by atoms with Crippen molar-refractivity contribution in [3.63, 3.8) is 0 Å². The predicted molar refractivity (Wildman–Crippen MR) is 18.6 cm³/mol. The van der Waals surface area contributed by atoms with E-state index in [4.69, 9.17) is 5.11 Å². The zero-order valence-corrected chi connectivity index (χ0v) is 3.56.